The van der Waals surface area contributed by atoms with Gasteiger partial charge in [0.25, 0.3) is 0 Å². The molecule has 14 heavy (non-hydrogen) atoms. The van der Waals surface area contributed by atoms with Crippen LogP contribution in [0.1, 0.15) is 38.7 Å². The van der Waals surface area contributed by atoms with Crippen molar-refractivity contribution in [3.05, 3.63) is 24.3 Å². The van der Waals surface area contributed by atoms with Crippen molar-refractivity contribution in [1.29, 1.82) is 0 Å². The Bertz CT molecular complexity index is 321. The van der Waals surface area contributed by atoms with Crippen molar-refractivity contribution in [2.75, 3.05) is 0 Å². The van der Waals surface area contributed by atoms with Crippen LogP contribution in [0.3, 0.4) is 0 Å². The molecular formula is C11H17N3. The van der Waals surface area contributed by atoms with Crippen molar-refractivity contribution >= 4 is 0 Å². The summed E-state index contributed by atoms with van der Waals surface area (Å²) in [6.45, 7) is 4.54. The third kappa shape index (κ3) is 1.64. The summed E-state index contributed by atoms with van der Waals surface area (Å²) in [6, 6.07) is 0. The van der Waals surface area contributed by atoms with E-state index < -0.39 is 0 Å². The molecule has 1 aromatic rings. The van der Waals surface area contributed by atoms with E-state index >= 15 is 0 Å². The van der Waals surface area contributed by atoms with E-state index in [2.05, 4.69) is 23.8 Å². The molecule has 1 unspecified atom stereocenters. The summed E-state index contributed by atoms with van der Waals surface area (Å²) >= 11 is 0. The van der Waals surface area contributed by atoms with E-state index in [9.17, 15) is 0 Å². The molecule has 0 saturated heterocycles. The van der Waals surface area contributed by atoms with Crippen LogP contribution in [-0.2, 0) is 5.54 Å². The van der Waals surface area contributed by atoms with Gasteiger partial charge in [-0.2, -0.15) is 0 Å². The first kappa shape index (κ1) is 9.59. The van der Waals surface area contributed by atoms with E-state index in [-0.39, 0.29) is 5.54 Å². The molecule has 1 atom stereocenters. The van der Waals surface area contributed by atoms with Crippen molar-refractivity contribution in [3.8, 4) is 0 Å². The zero-order chi connectivity index (χ0) is 10.2. The van der Waals surface area contributed by atoms with Crippen LogP contribution in [0.25, 0.3) is 0 Å². The van der Waals surface area contributed by atoms with Gasteiger partial charge in [-0.05, 0) is 24.7 Å². The van der Waals surface area contributed by atoms with Gasteiger partial charge in [-0.15, -0.1) is 0 Å². The maximum Gasteiger partial charge on any atom is 0.115 e. The molecule has 0 radical (unpaired) electrons. The van der Waals surface area contributed by atoms with E-state index in [0.717, 1.165) is 18.4 Å². The van der Waals surface area contributed by atoms with Gasteiger partial charge in [-0.3, -0.25) is 0 Å². The molecule has 1 aromatic heterocycles. The summed E-state index contributed by atoms with van der Waals surface area (Å²) in [5.41, 5.74) is 7.60. The second-order valence-corrected chi connectivity index (χ2v) is 5.12. The molecule has 3 heteroatoms. The Kier molecular flexibility index (Phi) is 2.07. The van der Waals surface area contributed by atoms with Crippen molar-refractivity contribution in [2.24, 2.45) is 11.1 Å². The predicted octanol–water partition coefficient (Wildman–Crippen LogP) is 1.84. The van der Waals surface area contributed by atoms with Crippen LogP contribution in [-0.4, -0.2) is 9.97 Å². The number of hydrogen-bond donors (Lipinski definition) is 1. The highest BCUT2D eigenvalue weighted by Crippen LogP contribution is 2.46. The van der Waals surface area contributed by atoms with E-state index in [1.165, 1.54) is 6.42 Å². The molecule has 2 N–H and O–H groups in total. The first-order valence-corrected chi connectivity index (χ1v) is 5.06. The number of aromatic nitrogens is 2. The van der Waals surface area contributed by atoms with Gasteiger partial charge >= 0.3 is 0 Å². The topological polar surface area (TPSA) is 51.8 Å². The van der Waals surface area contributed by atoms with Crippen molar-refractivity contribution in [1.82, 2.24) is 9.97 Å². The van der Waals surface area contributed by atoms with Gasteiger partial charge in [-0.1, -0.05) is 13.8 Å². The second-order valence-electron chi connectivity index (χ2n) is 5.12. The molecule has 1 heterocycles. The van der Waals surface area contributed by atoms with Gasteiger partial charge in [0.05, 0.1) is 0 Å². The molecule has 1 aliphatic carbocycles. The number of rotatable bonds is 1. The van der Waals surface area contributed by atoms with Crippen molar-refractivity contribution in [2.45, 2.75) is 38.6 Å². The fourth-order valence-electron chi connectivity index (χ4n) is 2.39. The Labute approximate surface area is 84.8 Å². The highest BCUT2D eigenvalue weighted by molar-refractivity contribution is 5.19. The summed E-state index contributed by atoms with van der Waals surface area (Å²) in [6.07, 6.45) is 8.47. The minimum Gasteiger partial charge on any atom is -0.321 e. The lowest BCUT2D eigenvalue weighted by Crippen LogP contribution is -2.34. The Morgan fingerprint density at radius 2 is 1.86 bits per heavy atom. The Morgan fingerprint density at radius 1 is 1.21 bits per heavy atom. The third-order valence-corrected chi connectivity index (χ3v) is 3.18. The summed E-state index contributed by atoms with van der Waals surface area (Å²) in [5.74, 6) is 0. The molecule has 0 amide bonds. The maximum atomic E-state index is 6.38. The average molecular weight is 191 g/mol. The molecule has 0 aliphatic heterocycles. The molecular weight excluding hydrogens is 174 g/mol. The Hall–Kier alpha value is -0.960. The first-order chi connectivity index (χ1) is 6.52. The molecule has 2 rings (SSSR count). The fraction of sp³-hybridized carbons (Fsp3) is 0.636. The van der Waals surface area contributed by atoms with E-state index in [4.69, 9.17) is 5.73 Å². The number of nitrogens with two attached hydrogens (primary N) is 1. The molecule has 1 saturated carbocycles. The molecule has 0 spiro atoms. The summed E-state index contributed by atoms with van der Waals surface area (Å²) in [7, 11) is 0. The lowest BCUT2D eigenvalue weighted by atomic mass is 9.85. The van der Waals surface area contributed by atoms with Crippen LogP contribution >= 0.6 is 0 Å². The van der Waals surface area contributed by atoms with Gasteiger partial charge in [0.15, 0.2) is 0 Å². The maximum absolute atomic E-state index is 6.38. The zero-order valence-electron chi connectivity index (χ0n) is 8.83. The highest BCUT2D eigenvalue weighted by atomic mass is 14.8. The predicted molar refractivity (Wildman–Crippen MR) is 55.5 cm³/mol. The van der Waals surface area contributed by atoms with Gasteiger partial charge in [0.1, 0.15) is 6.33 Å². The van der Waals surface area contributed by atoms with Crippen LogP contribution in [0.2, 0.25) is 0 Å². The molecule has 0 aromatic carbocycles. The summed E-state index contributed by atoms with van der Waals surface area (Å²) in [5, 5.41) is 0. The van der Waals surface area contributed by atoms with Crippen molar-refractivity contribution < 1.29 is 0 Å². The number of hydrogen-bond acceptors (Lipinski definition) is 3. The minimum atomic E-state index is -0.204. The van der Waals surface area contributed by atoms with E-state index in [1.54, 1.807) is 6.33 Å². The lowest BCUT2D eigenvalue weighted by molar-refractivity contribution is 0.339. The second kappa shape index (κ2) is 3.02. The molecule has 0 bridgehead atoms. The Morgan fingerprint density at radius 3 is 2.36 bits per heavy atom. The summed E-state index contributed by atoms with van der Waals surface area (Å²) in [4.78, 5) is 8.06. The molecule has 3 nitrogen and oxygen atoms in total. The van der Waals surface area contributed by atoms with Crippen LogP contribution in [0.4, 0.5) is 0 Å². The van der Waals surface area contributed by atoms with Crippen LogP contribution < -0.4 is 5.73 Å². The fourth-order valence-corrected chi connectivity index (χ4v) is 2.39. The van der Waals surface area contributed by atoms with Gasteiger partial charge in [-0.25, -0.2) is 9.97 Å². The minimum absolute atomic E-state index is 0.204. The highest BCUT2D eigenvalue weighted by Gasteiger charge is 2.41. The lowest BCUT2D eigenvalue weighted by Gasteiger charge is -2.26. The van der Waals surface area contributed by atoms with Crippen molar-refractivity contribution in [3.63, 3.8) is 0 Å². The quantitative estimate of drug-likeness (QED) is 0.737. The molecule has 76 valence electrons. The largest absolute Gasteiger partial charge is 0.321 e. The first-order valence-electron chi connectivity index (χ1n) is 5.06. The van der Waals surface area contributed by atoms with Gasteiger partial charge in [0.2, 0.25) is 0 Å². The average Bonchev–Trinajstić information content (AvgIpc) is 2.44. The van der Waals surface area contributed by atoms with E-state index in [0.29, 0.717) is 5.41 Å². The van der Waals surface area contributed by atoms with Gasteiger partial charge in [0, 0.05) is 23.5 Å². The normalized spacial score (nSPS) is 30.5. The summed E-state index contributed by atoms with van der Waals surface area (Å²) < 4.78 is 0. The van der Waals surface area contributed by atoms with E-state index in [1.807, 2.05) is 12.4 Å². The standard InChI is InChI=1S/C11H17N3/c1-10(2)3-4-11(12,7-10)9-5-13-8-14-6-9/h5-6,8H,3-4,7,12H2,1-2H3. The molecule has 1 fully saturated rings. The number of nitrogens with zero attached hydrogens (tertiary/aromatic N) is 2. The SMILES string of the molecule is CC1(C)CCC(N)(c2cncnc2)C1. The Balaban J connectivity index is 2.27. The van der Waals surface area contributed by atoms with Gasteiger partial charge < -0.3 is 5.73 Å². The smallest absolute Gasteiger partial charge is 0.115 e. The zero-order valence-corrected chi connectivity index (χ0v) is 8.83. The molecule has 1 aliphatic rings. The monoisotopic (exact) mass is 191 g/mol. The van der Waals surface area contributed by atoms with Crippen LogP contribution in [0.15, 0.2) is 18.7 Å². The third-order valence-electron chi connectivity index (χ3n) is 3.18. The van der Waals surface area contributed by atoms with Crippen LogP contribution in [0.5, 0.6) is 0 Å². The van der Waals surface area contributed by atoms with Crippen LogP contribution in [0, 0.1) is 5.41 Å².